The normalized spacial score (nSPS) is 16.0. The third-order valence-corrected chi connectivity index (χ3v) is 5.31. The van der Waals surface area contributed by atoms with Crippen LogP contribution in [-0.2, 0) is 17.8 Å². The Balaban J connectivity index is 1.61. The van der Waals surface area contributed by atoms with E-state index in [-0.39, 0.29) is 0 Å². The minimum absolute atomic E-state index is 0.356. The highest BCUT2D eigenvalue weighted by Crippen LogP contribution is 2.18. The molecule has 0 spiro atoms. The van der Waals surface area contributed by atoms with E-state index in [1.54, 1.807) is 7.11 Å². The average molecular weight is 427 g/mol. The molecule has 0 aliphatic carbocycles. The molecule has 0 amide bonds. The Morgan fingerprint density at radius 2 is 1.90 bits per heavy atom. The zero-order valence-corrected chi connectivity index (χ0v) is 18.5. The zero-order chi connectivity index (χ0) is 21.9. The molecule has 2 aromatic rings. The van der Waals surface area contributed by atoms with E-state index < -0.39 is 6.10 Å². The van der Waals surface area contributed by atoms with Gasteiger partial charge in [0.25, 0.3) is 0 Å². The summed E-state index contributed by atoms with van der Waals surface area (Å²) in [7, 11) is 1.62. The Hall–Kier alpha value is -2.61. The summed E-state index contributed by atoms with van der Waals surface area (Å²) in [5, 5.41) is 17.1. The second kappa shape index (κ2) is 12.3. The lowest BCUT2D eigenvalue weighted by Crippen LogP contribution is -2.39. The highest BCUT2D eigenvalue weighted by Gasteiger charge is 2.13. The van der Waals surface area contributed by atoms with Crippen molar-refractivity contribution in [3.05, 3.63) is 65.2 Å². The SMILES string of the molecule is CCNC(=NCc1ccccc1CN1CCOCC1)NCC(O)c1cccc(OC)c1. The first-order valence-electron chi connectivity index (χ1n) is 10.9. The summed E-state index contributed by atoms with van der Waals surface area (Å²) in [6.45, 7) is 8.13. The molecule has 0 radical (unpaired) electrons. The van der Waals surface area contributed by atoms with Crippen molar-refractivity contribution in [3.8, 4) is 5.75 Å². The van der Waals surface area contributed by atoms with Crippen molar-refractivity contribution in [3.63, 3.8) is 0 Å². The van der Waals surface area contributed by atoms with Gasteiger partial charge in [-0.1, -0.05) is 36.4 Å². The van der Waals surface area contributed by atoms with Crippen LogP contribution in [0.4, 0.5) is 0 Å². The van der Waals surface area contributed by atoms with E-state index in [1.165, 1.54) is 11.1 Å². The van der Waals surface area contributed by atoms with Gasteiger partial charge in [-0.3, -0.25) is 4.90 Å². The number of aliphatic hydroxyl groups excluding tert-OH is 1. The van der Waals surface area contributed by atoms with Crippen molar-refractivity contribution in [1.82, 2.24) is 15.5 Å². The highest BCUT2D eigenvalue weighted by atomic mass is 16.5. The molecule has 1 unspecified atom stereocenters. The third kappa shape index (κ3) is 7.24. The van der Waals surface area contributed by atoms with Gasteiger partial charge in [0.2, 0.25) is 0 Å². The molecule has 3 N–H and O–H groups in total. The highest BCUT2D eigenvalue weighted by molar-refractivity contribution is 5.79. The van der Waals surface area contributed by atoms with Crippen LogP contribution in [0.25, 0.3) is 0 Å². The molecule has 1 atom stereocenters. The molecule has 31 heavy (non-hydrogen) atoms. The summed E-state index contributed by atoms with van der Waals surface area (Å²) in [5.74, 6) is 1.42. The van der Waals surface area contributed by atoms with Crippen LogP contribution in [0.1, 0.15) is 29.7 Å². The predicted molar refractivity (Wildman–Crippen MR) is 123 cm³/mol. The maximum Gasteiger partial charge on any atom is 0.191 e. The smallest absolute Gasteiger partial charge is 0.191 e. The molecule has 1 heterocycles. The standard InChI is InChI=1S/C24H34N4O3/c1-3-25-24(27-17-23(29)19-9-6-10-22(15-19)30-2)26-16-20-7-4-5-8-21(20)18-28-11-13-31-14-12-28/h4-10,15,23,29H,3,11-14,16-18H2,1-2H3,(H2,25,26,27). The van der Waals surface area contributed by atoms with Gasteiger partial charge in [-0.05, 0) is 35.7 Å². The van der Waals surface area contributed by atoms with E-state index in [0.29, 0.717) is 19.0 Å². The summed E-state index contributed by atoms with van der Waals surface area (Å²) >= 11 is 0. The number of nitrogens with one attached hydrogen (secondary N) is 2. The van der Waals surface area contributed by atoms with Crippen molar-refractivity contribution in [1.29, 1.82) is 0 Å². The number of ether oxygens (including phenoxy) is 2. The maximum absolute atomic E-state index is 10.6. The largest absolute Gasteiger partial charge is 0.497 e. The first-order valence-corrected chi connectivity index (χ1v) is 10.9. The van der Waals surface area contributed by atoms with Crippen molar-refractivity contribution in [2.75, 3.05) is 46.5 Å². The first-order chi connectivity index (χ1) is 15.2. The van der Waals surface area contributed by atoms with Gasteiger partial charge >= 0.3 is 0 Å². The van der Waals surface area contributed by atoms with Gasteiger partial charge in [-0.2, -0.15) is 0 Å². The predicted octanol–water partition coefficient (Wildman–Crippen LogP) is 2.32. The van der Waals surface area contributed by atoms with Gasteiger partial charge in [0.15, 0.2) is 5.96 Å². The van der Waals surface area contributed by atoms with Crippen molar-refractivity contribution in [2.45, 2.75) is 26.1 Å². The quantitative estimate of drug-likeness (QED) is 0.422. The maximum atomic E-state index is 10.6. The summed E-state index contributed by atoms with van der Waals surface area (Å²) in [4.78, 5) is 7.17. The summed E-state index contributed by atoms with van der Waals surface area (Å²) < 4.78 is 10.7. The van der Waals surface area contributed by atoms with Gasteiger partial charge in [0.05, 0.1) is 33.0 Å². The van der Waals surface area contributed by atoms with E-state index in [0.717, 1.165) is 50.7 Å². The molecule has 0 bridgehead atoms. The molecule has 7 nitrogen and oxygen atoms in total. The average Bonchev–Trinajstić information content (AvgIpc) is 2.82. The minimum Gasteiger partial charge on any atom is -0.497 e. The van der Waals surface area contributed by atoms with E-state index in [1.807, 2.05) is 31.2 Å². The molecule has 3 rings (SSSR count). The molecule has 0 saturated carbocycles. The van der Waals surface area contributed by atoms with Crippen LogP contribution in [0.15, 0.2) is 53.5 Å². The number of guanidine groups is 1. The molecule has 7 heteroatoms. The van der Waals surface area contributed by atoms with Gasteiger partial charge in [-0.25, -0.2) is 4.99 Å². The molecular formula is C24H34N4O3. The molecule has 168 valence electrons. The van der Waals surface area contributed by atoms with Crippen LogP contribution in [0.2, 0.25) is 0 Å². The van der Waals surface area contributed by atoms with E-state index in [9.17, 15) is 5.11 Å². The number of morpholine rings is 1. The van der Waals surface area contributed by atoms with E-state index >= 15 is 0 Å². The lowest BCUT2D eigenvalue weighted by molar-refractivity contribution is 0.0341. The van der Waals surface area contributed by atoms with Gasteiger partial charge in [0.1, 0.15) is 5.75 Å². The Kier molecular flexibility index (Phi) is 9.15. The van der Waals surface area contributed by atoms with Crippen LogP contribution in [0.3, 0.4) is 0 Å². The number of hydrogen-bond donors (Lipinski definition) is 3. The molecule has 1 fully saturated rings. The van der Waals surface area contributed by atoms with Crippen LogP contribution >= 0.6 is 0 Å². The zero-order valence-electron chi connectivity index (χ0n) is 18.5. The Bertz CT molecular complexity index is 837. The van der Waals surface area contributed by atoms with E-state index in [4.69, 9.17) is 14.5 Å². The number of nitrogens with zero attached hydrogens (tertiary/aromatic N) is 2. The summed E-state index contributed by atoms with van der Waals surface area (Å²) in [6.07, 6.45) is -0.660. The summed E-state index contributed by atoms with van der Waals surface area (Å²) in [6, 6.07) is 15.9. The Labute approximate surface area is 185 Å². The van der Waals surface area contributed by atoms with Crippen molar-refractivity contribution in [2.24, 2.45) is 4.99 Å². The second-order valence-corrected chi connectivity index (χ2v) is 7.53. The number of methoxy groups -OCH3 is 1. The fraction of sp³-hybridized carbons (Fsp3) is 0.458. The molecule has 0 aromatic heterocycles. The summed E-state index contributed by atoms with van der Waals surface area (Å²) in [5.41, 5.74) is 3.30. The number of hydrogen-bond acceptors (Lipinski definition) is 5. The van der Waals surface area contributed by atoms with Crippen molar-refractivity contribution >= 4 is 5.96 Å². The van der Waals surface area contributed by atoms with Crippen LogP contribution in [0.5, 0.6) is 5.75 Å². The lowest BCUT2D eigenvalue weighted by Gasteiger charge is -2.27. The fourth-order valence-corrected chi connectivity index (χ4v) is 3.53. The molecule has 1 saturated heterocycles. The molecule has 1 aliphatic rings. The molecular weight excluding hydrogens is 392 g/mol. The van der Waals surface area contributed by atoms with Gasteiger partial charge < -0.3 is 25.2 Å². The first kappa shape index (κ1) is 23.1. The van der Waals surface area contributed by atoms with Gasteiger partial charge in [0, 0.05) is 32.7 Å². The Morgan fingerprint density at radius 1 is 1.13 bits per heavy atom. The topological polar surface area (TPSA) is 78.4 Å². The number of aliphatic hydroxyl groups is 1. The second-order valence-electron chi connectivity index (χ2n) is 7.53. The van der Waals surface area contributed by atoms with Crippen LogP contribution in [-0.4, -0.2) is 62.5 Å². The van der Waals surface area contributed by atoms with E-state index in [2.05, 4.69) is 39.8 Å². The monoisotopic (exact) mass is 426 g/mol. The minimum atomic E-state index is -0.660. The Morgan fingerprint density at radius 3 is 2.65 bits per heavy atom. The number of rotatable bonds is 9. The molecule has 1 aliphatic heterocycles. The number of benzene rings is 2. The van der Waals surface area contributed by atoms with Crippen LogP contribution < -0.4 is 15.4 Å². The number of aliphatic imine (C=N–C) groups is 1. The fourth-order valence-electron chi connectivity index (χ4n) is 3.53. The van der Waals surface area contributed by atoms with Crippen LogP contribution in [0, 0.1) is 0 Å². The lowest BCUT2D eigenvalue weighted by atomic mass is 10.1. The molecule has 2 aromatic carbocycles. The third-order valence-electron chi connectivity index (χ3n) is 5.31. The van der Waals surface area contributed by atoms with Crippen molar-refractivity contribution < 1.29 is 14.6 Å². The van der Waals surface area contributed by atoms with Gasteiger partial charge in [-0.15, -0.1) is 0 Å².